The third-order valence-corrected chi connectivity index (χ3v) is 4.17. The highest BCUT2D eigenvalue weighted by atomic mass is 16.2. The van der Waals surface area contributed by atoms with Crippen molar-refractivity contribution in [2.24, 2.45) is 5.73 Å². The second kappa shape index (κ2) is 5.57. The fraction of sp³-hybridized carbons (Fsp3) is 0.929. The molecule has 0 aromatic heterocycles. The summed E-state index contributed by atoms with van der Waals surface area (Å²) in [6.07, 6.45) is 4.95. The van der Waals surface area contributed by atoms with E-state index in [2.05, 4.69) is 19.0 Å². The number of carbonyl (C=O) groups is 1. The molecule has 1 fully saturated rings. The van der Waals surface area contributed by atoms with Gasteiger partial charge in [-0.2, -0.15) is 0 Å². The number of hydrogen-bond donors (Lipinski definition) is 1. The van der Waals surface area contributed by atoms with E-state index in [1.54, 1.807) is 0 Å². The smallest absolute Gasteiger partial charge is 0.222 e. The summed E-state index contributed by atoms with van der Waals surface area (Å²) in [5, 5.41) is 0. The predicted octanol–water partition coefficient (Wildman–Crippen LogP) is 1.45. The van der Waals surface area contributed by atoms with Crippen LogP contribution in [0.15, 0.2) is 0 Å². The number of likely N-dealkylation sites (N-methyl/N-ethyl adjacent to an activating group) is 2. The molecule has 0 saturated heterocycles. The molecule has 1 rings (SSSR count). The van der Waals surface area contributed by atoms with Crippen LogP contribution in [-0.4, -0.2) is 54.5 Å². The predicted molar refractivity (Wildman–Crippen MR) is 75.4 cm³/mol. The van der Waals surface area contributed by atoms with Crippen LogP contribution in [0.4, 0.5) is 0 Å². The lowest BCUT2D eigenvalue weighted by molar-refractivity contribution is -0.133. The molecule has 1 aliphatic carbocycles. The molecule has 1 saturated carbocycles. The number of carbonyl (C=O) groups excluding carboxylic acids is 1. The lowest BCUT2D eigenvalue weighted by Gasteiger charge is -2.49. The van der Waals surface area contributed by atoms with Crippen LogP contribution >= 0.6 is 0 Å². The van der Waals surface area contributed by atoms with Crippen LogP contribution in [0.25, 0.3) is 0 Å². The van der Waals surface area contributed by atoms with Crippen molar-refractivity contribution < 1.29 is 4.79 Å². The van der Waals surface area contributed by atoms with Crippen LogP contribution < -0.4 is 5.73 Å². The lowest BCUT2D eigenvalue weighted by atomic mass is 9.75. The molecule has 0 aliphatic heterocycles. The largest absolute Gasteiger partial charge is 0.344 e. The van der Waals surface area contributed by atoms with E-state index in [-0.39, 0.29) is 17.0 Å². The van der Waals surface area contributed by atoms with Gasteiger partial charge >= 0.3 is 0 Å². The minimum Gasteiger partial charge on any atom is -0.344 e. The molecule has 4 nitrogen and oxygen atoms in total. The number of nitrogens with two attached hydrogens (primary N) is 1. The maximum atomic E-state index is 12.1. The number of rotatable bonds is 6. The summed E-state index contributed by atoms with van der Waals surface area (Å²) in [5.41, 5.74) is 5.87. The molecule has 0 unspecified atom stereocenters. The van der Waals surface area contributed by atoms with Crippen LogP contribution in [0.1, 0.15) is 46.0 Å². The molecular weight excluding hydrogens is 226 g/mol. The molecular formula is C14H29N3O. The molecule has 1 aliphatic rings. The van der Waals surface area contributed by atoms with Crippen LogP contribution in [0.2, 0.25) is 0 Å². The highest BCUT2D eigenvalue weighted by Crippen LogP contribution is 2.36. The van der Waals surface area contributed by atoms with E-state index in [1.165, 1.54) is 19.3 Å². The zero-order chi connectivity index (χ0) is 14.0. The zero-order valence-electron chi connectivity index (χ0n) is 12.6. The molecule has 1 amide bonds. The molecule has 0 atom stereocenters. The molecule has 106 valence electrons. The van der Waals surface area contributed by atoms with Crippen LogP contribution in [0.3, 0.4) is 0 Å². The Morgan fingerprint density at radius 3 is 2.17 bits per heavy atom. The van der Waals surface area contributed by atoms with E-state index in [1.807, 2.05) is 25.8 Å². The standard InChI is InChI=1S/C14H29N3O/c1-13(2,15)10-7-12(18)17(5)11-14(16(3)4)8-6-9-14/h6-11,15H2,1-5H3. The van der Waals surface area contributed by atoms with E-state index in [9.17, 15) is 4.79 Å². The van der Waals surface area contributed by atoms with Crippen molar-refractivity contribution >= 4 is 5.91 Å². The summed E-state index contributed by atoms with van der Waals surface area (Å²) < 4.78 is 0. The highest BCUT2D eigenvalue weighted by Gasteiger charge is 2.40. The average molecular weight is 255 g/mol. The minimum atomic E-state index is -0.258. The molecule has 0 aromatic carbocycles. The number of hydrogen-bond acceptors (Lipinski definition) is 3. The maximum absolute atomic E-state index is 12.1. The monoisotopic (exact) mass is 255 g/mol. The van der Waals surface area contributed by atoms with Crippen LogP contribution in [-0.2, 0) is 4.79 Å². The van der Waals surface area contributed by atoms with Crippen molar-refractivity contribution in [3.05, 3.63) is 0 Å². The fourth-order valence-corrected chi connectivity index (χ4v) is 2.48. The second-order valence-electron chi connectivity index (χ2n) is 6.71. The van der Waals surface area contributed by atoms with E-state index >= 15 is 0 Å². The topological polar surface area (TPSA) is 49.6 Å². The molecule has 4 heteroatoms. The summed E-state index contributed by atoms with van der Waals surface area (Å²) >= 11 is 0. The Kier molecular flexibility index (Phi) is 4.78. The van der Waals surface area contributed by atoms with Gasteiger partial charge < -0.3 is 15.5 Å². The normalized spacial score (nSPS) is 18.6. The van der Waals surface area contributed by atoms with E-state index < -0.39 is 0 Å². The van der Waals surface area contributed by atoms with Crippen molar-refractivity contribution in [2.45, 2.75) is 57.0 Å². The molecule has 0 spiro atoms. The Labute approximate surface area is 111 Å². The van der Waals surface area contributed by atoms with Gasteiger partial charge in [-0.25, -0.2) is 0 Å². The number of nitrogens with zero attached hydrogens (tertiary/aromatic N) is 2. The van der Waals surface area contributed by atoms with E-state index in [0.29, 0.717) is 6.42 Å². The van der Waals surface area contributed by atoms with Gasteiger partial charge in [-0.1, -0.05) is 0 Å². The van der Waals surface area contributed by atoms with Crippen molar-refractivity contribution in [1.29, 1.82) is 0 Å². The Hall–Kier alpha value is -0.610. The van der Waals surface area contributed by atoms with Crippen molar-refractivity contribution in [3.8, 4) is 0 Å². The second-order valence-corrected chi connectivity index (χ2v) is 6.71. The summed E-state index contributed by atoms with van der Waals surface area (Å²) in [7, 11) is 6.14. The van der Waals surface area contributed by atoms with Crippen LogP contribution in [0, 0.1) is 0 Å². The third kappa shape index (κ3) is 3.95. The Morgan fingerprint density at radius 2 is 1.83 bits per heavy atom. The first-order chi connectivity index (χ1) is 8.16. The quantitative estimate of drug-likeness (QED) is 0.781. The fourth-order valence-electron chi connectivity index (χ4n) is 2.48. The van der Waals surface area contributed by atoms with Gasteiger partial charge in [0.15, 0.2) is 0 Å². The van der Waals surface area contributed by atoms with Gasteiger partial charge in [0.1, 0.15) is 0 Å². The highest BCUT2D eigenvalue weighted by molar-refractivity contribution is 5.76. The van der Waals surface area contributed by atoms with Gasteiger partial charge in [0.25, 0.3) is 0 Å². The van der Waals surface area contributed by atoms with Crippen LogP contribution in [0.5, 0.6) is 0 Å². The molecule has 0 heterocycles. The Bertz CT molecular complexity index is 290. The van der Waals surface area contributed by atoms with Crippen molar-refractivity contribution in [3.63, 3.8) is 0 Å². The third-order valence-electron chi connectivity index (χ3n) is 4.17. The van der Waals surface area contributed by atoms with Gasteiger partial charge in [-0.05, 0) is 53.6 Å². The lowest BCUT2D eigenvalue weighted by Crippen LogP contribution is -2.57. The Balaban J connectivity index is 2.44. The molecule has 0 aromatic rings. The number of amides is 1. The van der Waals surface area contributed by atoms with E-state index in [0.717, 1.165) is 13.0 Å². The van der Waals surface area contributed by atoms with Gasteiger partial charge in [0.2, 0.25) is 5.91 Å². The summed E-state index contributed by atoms with van der Waals surface area (Å²) in [5.74, 6) is 0.210. The van der Waals surface area contributed by atoms with Gasteiger partial charge in [-0.3, -0.25) is 4.79 Å². The van der Waals surface area contributed by atoms with Crippen molar-refractivity contribution in [1.82, 2.24) is 9.80 Å². The minimum absolute atomic E-state index is 0.210. The first kappa shape index (κ1) is 15.4. The summed E-state index contributed by atoms with van der Waals surface area (Å²) in [6, 6.07) is 0. The Morgan fingerprint density at radius 1 is 1.28 bits per heavy atom. The maximum Gasteiger partial charge on any atom is 0.222 e. The van der Waals surface area contributed by atoms with E-state index in [4.69, 9.17) is 5.73 Å². The van der Waals surface area contributed by atoms with Crippen molar-refractivity contribution in [2.75, 3.05) is 27.7 Å². The van der Waals surface area contributed by atoms with Gasteiger partial charge in [0, 0.05) is 31.1 Å². The zero-order valence-corrected chi connectivity index (χ0v) is 12.6. The molecule has 0 bridgehead atoms. The first-order valence-electron chi connectivity index (χ1n) is 6.87. The SMILES string of the molecule is CN(CC1(N(C)C)CCC1)C(=O)CCC(C)(C)N. The first-order valence-corrected chi connectivity index (χ1v) is 6.87. The molecule has 0 radical (unpaired) electrons. The van der Waals surface area contributed by atoms with Gasteiger partial charge in [-0.15, -0.1) is 0 Å². The molecule has 2 N–H and O–H groups in total. The molecule has 18 heavy (non-hydrogen) atoms. The van der Waals surface area contributed by atoms with Gasteiger partial charge in [0.05, 0.1) is 0 Å². The summed E-state index contributed by atoms with van der Waals surface area (Å²) in [6.45, 7) is 4.77. The average Bonchev–Trinajstić information content (AvgIpc) is 2.17. The summed E-state index contributed by atoms with van der Waals surface area (Å²) in [4.78, 5) is 16.2.